The van der Waals surface area contributed by atoms with Crippen molar-refractivity contribution in [2.45, 2.75) is 97.8 Å². The highest BCUT2D eigenvalue weighted by Crippen LogP contribution is 2.11. The molecule has 0 fully saturated rings. The fraction of sp³-hybridized carbons (Fsp3) is 0.826. The first-order valence-electron chi connectivity index (χ1n) is 11.9. The molecule has 0 bridgehead atoms. The zero-order valence-corrected chi connectivity index (χ0v) is 21.0. The van der Waals surface area contributed by atoms with Crippen molar-refractivity contribution in [3.05, 3.63) is 0 Å². The first-order chi connectivity index (χ1) is 15.3. The van der Waals surface area contributed by atoms with Crippen molar-refractivity contribution in [3.8, 4) is 0 Å². The number of carbonyl (C=O) groups excluding carboxylic acids is 3. The minimum Gasteiger partial charge on any atom is -0.480 e. The zero-order valence-electron chi connectivity index (χ0n) is 21.0. The largest absolute Gasteiger partial charge is 0.480 e. The van der Waals surface area contributed by atoms with Crippen molar-refractivity contribution >= 4 is 23.7 Å². The number of amides is 3. The molecule has 0 radical (unpaired) electrons. The number of unbranched alkanes of at least 4 members (excludes halogenated alkanes) is 1. The number of hydrogen-bond acceptors (Lipinski definition) is 6. The van der Waals surface area contributed by atoms with E-state index in [0.29, 0.717) is 32.2 Å². The van der Waals surface area contributed by atoms with Gasteiger partial charge in [-0.15, -0.1) is 0 Å². The predicted octanol–water partition coefficient (Wildman–Crippen LogP) is 0.730. The minimum absolute atomic E-state index is 0.0544. The molecule has 5 atom stereocenters. The summed E-state index contributed by atoms with van der Waals surface area (Å²) in [6.45, 7) is 11.4. The molecule has 5 unspecified atom stereocenters. The molecule has 0 aromatic heterocycles. The molecule has 0 heterocycles. The number of rotatable bonds is 16. The molecule has 0 aliphatic rings. The van der Waals surface area contributed by atoms with Crippen LogP contribution in [0.15, 0.2) is 0 Å². The van der Waals surface area contributed by atoms with E-state index in [1.54, 1.807) is 13.8 Å². The van der Waals surface area contributed by atoms with Crippen LogP contribution in [-0.4, -0.2) is 59.5 Å². The molecule has 0 spiro atoms. The lowest BCUT2D eigenvalue weighted by Gasteiger charge is -2.27. The van der Waals surface area contributed by atoms with E-state index in [0.717, 1.165) is 6.42 Å². The van der Waals surface area contributed by atoms with Gasteiger partial charge in [0.05, 0.1) is 6.04 Å². The average Bonchev–Trinajstić information content (AvgIpc) is 2.73. The van der Waals surface area contributed by atoms with Gasteiger partial charge in [-0.05, 0) is 50.0 Å². The molecule has 10 heteroatoms. The molecule has 0 aromatic carbocycles. The van der Waals surface area contributed by atoms with Crippen molar-refractivity contribution in [1.82, 2.24) is 16.0 Å². The van der Waals surface area contributed by atoms with Gasteiger partial charge in [0.2, 0.25) is 17.7 Å². The standard InChI is InChI=1S/C23H45N5O5/c1-7-15(6)18(25)22(31)26-16(10-8-9-11-24)20(29)27-17(12-13(2)3)21(30)28-19(14(4)5)23(32)33/h13-19H,7-12,24-25H2,1-6H3,(H,26,31)(H,27,29)(H,28,30)(H,32,33). The second-order valence-electron chi connectivity index (χ2n) is 9.52. The predicted molar refractivity (Wildman–Crippen MR) is 128 cm³/mol. The van der Waals surface area contributed by atoms with Crippen molar-refractivity contribution in [3.63, 3.8) is 0 Å². The van der Waals surface area contributed by atoms with Gasteiger partial charge in [-0.3, -0.25) is 14.4 Å². The van der Waals surface area contributed by atoms with Gasteiger partial charge in [0.1, 0.15) is 18.1 Å². The Morgan fingerprint density at radius 3 is 1.85 bits per heavy atom. The van der Waals surface area contributed by atoms with Gasteiger partial charge in [-0.1, -0.05) is 48.0 Å². The van der Waals surface area contributed by atoms with Crippen molar-refractivity contribution < 1.29 is 24.3 Å². The minimum atomic E-state index is -1.14. The number of hydrogen-bond donors (Lipinski definition) is 6. The maximum atomic E-state index is 13.1. The SMILES string of the molecule is CCC(C)C(N)C(=O)NC(CCCCN)C(=O)NC(CC(C)C)C(=O)NC(C(=O)O)C(C)C. The lowest BCUT2D eigenvalue weighted by Crippen LogP contribution is -2.58. The maximum Gasteiger partial charge on any atom is 0.326 e. The molecule has 0 rings (SSSR count). The van der Waals surface area contributed by atoms with Crippen molar-refractivity contribution in [2.75, 3.05) is 6.54 Å². The Kier molecular flexibility index (Phi) is 14.6. The quantitative estimate of drug-likeness (QED) is 0.180. The highest BCUT2D eigenvalue weighted by Gasteiger charge is 2.32. The van der Waals surface area contributed by atoms with Gasteiger partial charge in [-0.25, -0.2) is 4.79 Å². The van der Waals surface area contributed by atoms with Gasteiger partial charge >= 0.3 is 5.97 Å². The maximum absolute atomic E-state index is 13.1. The van der Waals surface area contributed by atoms with Crippen LogP contribution in [0, 0.1) is 17.8 Å². The molecule has 8 N–H and O–H groups in total. The van der Waals surface area contributed by atoms with Crippen LogP contribution in [0.2, 0.25) is 0 Å². The van der Waals surface area contributed by atoms with Crippen LogP contribution < -0.4 is 27.4 Å². The molecule has 10 nitrogen and oxygen atoms in total. The third-order valence-electron chi connectivity index (χ3n) is 5.71. The monoisotopic (exact) mass is 471 g/mol. The number of nitrogens with one attached hydrogen (secondary N) is 3. The molecular formula is C23H45N5O5. The number of carboxylic acid groups (broad SMARTS) is 1. The van der Waals surface area contributed by atoms with E-state index in [-0.39, 0.29) is 17.8 Å². The summed E-state index contributed by atoms with van der Waals surface area (Å²) in [7, 11) is 0. The highest BCUT2D eigenvalue weighted by atomic mass is 16.4. The Balaban J connectivity index is 5.53. The summed E-state index contributed by atoms with van der Waals surface area (Å²) in [4.78, 5) is 50.0. The lowest BCUT2D eigenvalue weighted by molar-refractivity contribution is -0.143. The number of nitrogens with two attached hydrogens (primary N) is 2. The molecule has 0 aliphatic heterocycles. The summed E-state index contributed by atoms with van der Waals surface area (Å²) in [5.41, 5.74) is 11.6. The van der Waals surface area contributed by atoms with E-state index in [2.05, 4.69) is 16.0 Å². The molecule has 0 aromatic rings. The zero-order chi connectivity index (χ0) is 25.7. The molecule has 0 saturated carbocycles. The van der Waals surface area contributed by atoms with Gasteiger partial charge in [0.15, 0.2) is 0 Å². The first kappa shape index (κ1) is 30.8. The molecule has 0 saturated heterocycles. The average molecular weight is 472 g/mol. The summed E-state index contributed by atoms with van der Waals surface area (Å²) in [6.07, 6.45) is 2.68. The Labute approximate surface area is 198 Å². The fourth-order valence-corrected chi connectivity index (χ4v) is 3.28. The van der Waals surface area contributed by atoms with E-state index >= 15 is 0 Å². The summed E-state index contributed by atoms with van der Waals surface area (Å²) >= 11 is 0. The van der Waals surface area contributed by atoms with Crippen LogP contribution in [-0.2, 0) is 19.2 Å². The van der Waals surface area contributed by atoms with Crippen molar-refractivity contribution in [1.29, 1.82) is 0 Å². The third kappa shape index (κ3) is 11.5. The smallest absolute Gasteiger partial charge is 0.326 e. The summed E-state index contributed by atoms with van der Waals surface area (Å²) < 4.78 is 0. The van der Waals surface area contributed by atoms with Crippen LogP contribution >= 0.6 is 0 Å². The van der Waals surface area contributed by atoms with E-state index in [1.165, 1.54) is 0 Å². The van der Waals surface area contributed by atoms with Gasteiger partial charge < -0.3 is 32.5 Å². The molecule has 3 amide bonds. The van der Waals surface area contributed by atoms with Gasteiger partial charge in [-0.2, -0.15) is 0 Å². The first-order valence-corrected chi connectivity index (χ1v) is 11.9. The van der Waals surface area contributed by atoms with Crippen LogP contribution in [0.5, 0.6) is 0 Å². The molecule has 192 valence electrons. The summed E-state index contributed by atoms with van der Waals surface area (Å²) in [6, 6.07) is -3.63. The third-order valence-corrected chi connectivity index (χ3v) is 5.71. The molecular weight excluding hydrogens is 426 g/mol. The van der Waals surface area contributed by atoms with Gasteiger partial charge in [0.25, 0.3) is 0 Å². The normalized spacial score (nSPS) is 15.9. The van der Waals surface area contributed by atoms with Gasteiger partial charge in [0, 0.05) is 0 Å². The Morgan fingerprint density at radius 1 is 0.848 bits per heavy atom. The second-order valence-corrected chi connectivity index (χ2v) is 9.52. The van der Waals surface area contributed by atoms with Crippen LogP contribution in [0.3, 0.4) is 0 Å². The van der Waals surface area contributed by atoms with Crippen LogP contribution in [0.25, 0.3) is 0 Å². The molecule has 33 heavy (non-hydrogen) atoms. The van der Waals surface area contributed by atoms with Crippen LogP contribution in [0.1, 0.15) is 73.6 Å². The van der Waals surface area contributed by atoms with Crippen LogP contribution in [0.4, 0.5) is 0 Å². The number of carbonyl (C=O) groups is 4. The second kappa shape index (κ2) is 15.6. The summed E-state index contributed by atoms with van der Waals surface area (Å²) in [5, 5.41) is 17.4. The number of aliphatic carboxylic acids is 1. The van der Waals surface area contributed by atoms with E-state index < -0.39 is 47.9 Å². The van der Waals surface area contributed by atoms with E-state index in [1.807, 2.05) is 27.7 Å². The Hall–Kier alpha value is -2.20. The highest BCUT2D eigenvalue weighted by molar-refractivity contribution is 5.94. The Morgan fingerprint density at radius 2 is 1.39 bits per heavy atom. The van der Waals surface area contributed by atoms with E-state index in [4.69, 9.17) is 11.5 Å². The Bertz CT molecular complexity index is 641. The lowest BCUT2D eigenvalue weighted by atomic mass is 9.98. The topological polar surface area (TPSA) is 177 Å². The van der Waals surface area contributed by atoms with Crippen molar-refractivity contribution in [2.24, 2.45) is 29.2 Å². The molecule has 0 aliphatic carbocycles. The number of carboxylic acids is 1. The summed E-state index contributed by atoms with van der Waals surface area (Å²) in [5.74, 6) is -2.96. The van der Waals surface area contributed by atoms with E-state index in [9.17, 15) is 24.3 Å². The fourth-order valence-electron chi connectivity index (χ4n) is 3.28.